The molecule has 0 spiro atoms. The Morgan fingerprint density at radius 3 is 2.72 bits per heavy atom. The second kappa shape index (κ2) is 6.22. The summed E-state index contributed by atoms with van der Waals surface area (Å²) in [4.78, 5) is 13.1. The molecule has 1 aliphatic heterocycles. The van der Waals surface area contributed by atoms with Crippen molar-refractivity contribution in [1.29, 1.82) is 0 Å². The van der Waals surface area contributed by atoms with Crippen LogP contribution in [0.4, 0.5) is 5.69 Å². The zero-order valence-electron chi connectivity index (χ0n) is 10.4. The Hall–Kier alpha value is -1.04. The van der Waals surface area contributed by atoms with Crippen LogP contribution in [0.1, 0.15) is 12.8 Å². The van der Waals surface area contributed by atoms with Gasteiger partial charge in [0.15, 0.2) is 0 Å². The number of anilines is 1. The lowest BCUT2D eigenvalue weighted by Crippen LogP contribution is -2.29. The number of thioether (sulfide) groups is 1. The summed E-state index contributed by atoms with van der Waals surface area (Å²) >= 11 is 1.67. The molecule has 0 aromatic heterocycles. The summed E-state index contributed by atoms with van der Waals surface area (Å²) in [5.74, 6) is -0.0807. The molecule has 5 heteroatoms. The molecule has 0 radical (unpaired) electrons. The molecular formula is C13H18N2O2S. The lowest BCUT2D eigenvalue weighted by molar-refractivity contribution is -0.126. The van der Waals surface area contributed by atoms with E-state index in [1.54, 1.807) is 11.8 Å². The summed E-state index contributed by atoms with van der Waals surface area (Å²) in [5, 5.41) is 2.87. The van der Waals surface area contributed by atoms with Crippen molar-refractivity contribution < 1.29 is 9.53 Å². The van der Waals surface area contributed by atoms with Gasteiger partial charge < -0.3 is 15.8 Å². The predicted octanol–water partition coefficient (Wildman–Crippen LogP) is 1.85. The van der Waals surface area contributed by atoms with Crippen LogP contribution >= 0.6 is 11.8 Å². The van der Waals surface area contributed by atoms with Crippen LogP contribution in [0.2, 0.25) is 0 Å². The van der Waals surface area contributed by atoms with Crippen molar-refractivity contribution in [1.82, 2.24) is 0 Å². The van der Waals surface area contributed by atoms with Gasteiger partial charge in [0.1, 0.15) is 6.10 Å². The molecule has 1 fully saturated rings. The number of rotatable bonds is 4. The highest BCUT2D eigenvalue weighted by atomic mass is 32.2. The maximum Gasteiger partial charge on any atom is 0.253 e. The van der Waals surface area contributed by atoms with Crippen molar-refractivity contribution >= 4 is 23.4 Å². The minimum absolute atomic E-state index is 0.0274. The monoisotopic (exact) mass is 266 g/mol. The highest BCUT2D eigenvalue weighted by molar-refractivity contribution is 7.98. The van der Waals surface area contributed by atoms with Crippen LogP contribution in [0.3, 0.4) is 0 Å². The summed E-state index contributed by atoms with van der Waals surface area (Å²) in [5.41, 5.74) is 6.33. The molecule has 2 atom stereocenters. The topological polar surface area (TPSA) is 64.4 Å². The van der Waals surface area contributed by atoms with Crippen molar-refractivity contribution in [3.05, 3.63) is 24.3 Å². The van der Waals surface area contributed by atoms with Crippen molar-refractivity contribution in [3.8, 4) is 0 Å². The van der Waals surface area contributed by atoms with Crippen LogP contribution < -0.4 is 11.1 Å². The summed E-state index contributed by atoms with van der Waals surface area (Å²) in [6.07, 6.45) is 3.29. The average Bonchev–Trinajstić information content (AvgIpc) is 2.88. The number of nitrogens with one attached hydrogen (secondary N) is 1. The van der Waals surface area contributed by atoms with Crippen LogP contribution in [0, 0.1) is 0 Å². The second-order valence-electron chi connectivity index (χ2n) is 4.28. The number of amides is 1. The summed E-state index contributed by atoms with van der Waals surface area (Å²) in [7, 11) is 0. The van der Waals surface area contributed by atoms with Gasteiger partial charge in [0, 0.05) is 17.1 Å². The minimum atomic E-state index is -0.362. The average molecular weight is 266 g/mol. The van der Waals surface area contributed by atoms with E-state index in [1.165, 1.54) is 4.90 Å². The largest absolute Gasteiger partial charge is 0.364 e. The van der Waals surface area contributed by atoms with Crippen LogP contribution in [0.15, 0.2) is 29.2 Å². The number of nitrogens with two attached hydrogens (primary N) is 1. The summed E-state index contributed by atoms with van der Waals surface area (Å²) in [6, 6.07) is 7.77. The van der Waals surface area contributed by atoms with Crippen molar-refractivity contribution in [3.63, 3.8) is 0 Å². The highest BCUT2D eigenvalue weighted by Crippen LogP contribution is 2.21. The highest BCUT2D eigenvalue weighted by Gasteiger charge is 2.29. The van der Waals surface area contributed by atoms with Crippen LogP contribution in [-0.4, -0.2) is 30.9 Å². The fourth-order valence-electron chi connectivity index (χ4n) is 1.97. The van der Waals surface area contributed by atoms with E-state index in [-0.39, 0.29) is 18.1 Å². The lowest BCUT2D eigenvalue weighted by Gasteiger charge is -2.12. The fraction of sp³-hybridized carbons (Fsp3) is 0.462. The van der Waals surface area contributed by atoms with Gasteiger partial charge in [-0.1, -0.05) is 0 Å². The van der Waals surface area contributed by atoms with Crippen molar-refractivity contribution in [2.45, 2.75) is 29.9 Å². The molecular weight excluding hydrogens is 248 g/mol. The number of carbonyl (C=O) groups excluding carboxylic acids is 1. The first kappa shape index (κ1) is 13.4. The Morgan fingerprint density at radius 2 is 2.17 bits per heavy atom. The van der Waals surface area contributed by atoms with Gasteiger partial charge in [0.2, 0.25) is 0 Å². The molecule has 1 aromatic carbocycles. The van der Waals surface area contributed by atoms with Crippen LogP contribution in [-0.2, 0) is 9.53 Å². The number of benzene rings is 1. The quantitative estimate of drug-likeness (QED) is 0.816. The Bertz CT molecular complexity index is 408. The van der Waals surface area contributed by atoms with Crippen LogP contribution in [0.5, 0.6) is 0 Å². The third-order valence-electron chi connectivity index (χ3n) is 3.02. The Labute approximate surface area is 111 Å². The molecule has 1 heterocycles. The maximum atomic E-state index is 11.9. The maximum absolute atomic E-state index is 11.9. The first-order chi connectivity index (χ1) is 8.72. The molecule has 0 unspecified atom stereocenters. The number of hydrogen-bond acceptors (Lipinski definition) is 4. The van der Waals surface area contributed by atoms with E-state index in [2.05, 4.69) is 5.32 Å². The van der Waals surface area contributed by atoms with E-state index in [4.69, 9.17) is 10.5 Å². The third kappa shape index (κ3) is 3.25. The minimum Gasteiger partial charge on any atom is -0.364 e. The normalized spacial score (nSPS) is 23.0. The molecule has 2 rings (SSSR count). The smallest absolute Gasteiger partial charge is 0.253 e. The summed E-state index contributed by atoms with van der Waals surface area (Å²) < 4.78 is 5.55. The van der Waals surface area contributed by atoms with Gasteiger partial charge in [0.05, 0.1) is 6.10 Å². The van der Waals surface area contributed by atoms with Gasteiger partial charge in [-0.2, -0.15) is 0 Å². The van der Waals surface area contributed by atoms with Gasteiger partial charge in [-0.25, -0.2) is 0 Å². The number of hydrogen-bond donors (Lipinski definition) is 2. The van der Waals surface area contributed by atoms with E-state index in [0.29, 0.717) is 6.54 Å². The predicted molar refractivity (Wildman–Crippen MR) is 73.8 cm³/mol. The molecule has 1 aliphatic rings. The van der Waals surface area contributed by atoms with E-state index < -0.39 is 0 Å². The molecule has 0 bridgehead atoms. The Morgan fingerprint density at radius 1 is 1.44 bits per heavy atom. The lowest BCUT2D eigenvalue weighted by atomic mass is 10.2. The summed E-state index contributed by atoms with van der Waals surface area (Å²) in [6.45, 7) is 0.478. The molecule has 1 aromatic rings. The second-order valence-corrected chi connectivity index (χ2v) is 5.16. The Kier molecular flexibility index (Phi) is 4.63. The zero-order valence-corrected chi connectivity index (χ0v) is 11.2. The van der Waals surface area contributed by atoms with Crippen LogP contribution in [0.25, 0.3) is 0 Å². The van der Waals surface area contributed by atoms with E-state index in [9.17, 15) is 4.79 Å². The molecule has 0 aliphatic carbocycles. The standard InChI is InChI=1S/C13H18N2O2S/c1-18-11-5-2-9(3-6-11)15-13(16)12-7-4-10(8-14)17-12/h2-3,5-6,10,12H,4,7-8,14H2,1H3,(H,15,16)/t10-,12+/m1/s1. The van der Waals surface area contributed by atoms with Crippen molar-refractivity contribution in [2.75, 3.05) is 18.1 Å². The third-order valence-corrected chi connectivity index (χ3v) is 3.76. The molecule has 18 heavy (non-hydrogen) atoms. The first-order valence-corrected chi connectivity index (χ1v) is 7.26. The Balaban J connectivity index is 1.90. The molecule has 4 nitrogen and oxygen atoms in total. The van der Waals surface area contributed by atoms with Gasteiger partial charge in [-0.15, -0.1) is 11.8 Å². The molecule has 3 N–H and O–H groups in total. The van der Waals surface area contributed by atoms with E-state index >= 15 is 0 Å². The molecule has 1 amide bonds. The van der Waals surface area contributed by atoms with Crippen molar-refractivity contribution in [2.24, 2.45) is 5.73 Å². The zero-order chi connectivity index (χ0) is 13.0. The fourth-order valence-corrected chi connectivity index (χ4v) is 2.38. The number of carbonyl (C=O) groups is 1. The SMILES string of the molecule is CSc1ccc(NC(=O)[C@@H]2CC[C@H](CN)O2)cc1. The van der Waals surface area contributed by atoms with E-state index in [1.807, 2.05) is 30.5 Å². The van der Waals surface area contributed by atoms with E-state index in [0.717, 1.165) is 18.5 Å². The van der Waals surface area contributed by atoms with Gasteiger partial charge >= 0.3 is 0 Å². The number of ether oxygens (including phenoxy) is 1. The van der Waals surface area contributed by atoms with Gasteiger partial charge in [0.25, 0.3) is 5.91 Å². The van der Waals surface area contributed by atoms with Gasteiger partial charge in [-0.05, 0) is 43.4 Å². The molecule has 0 saturated carbocycles. The molecule has 1 saturated heterocycles. The first-order valence-electron chi connectivity index (χ1n) is 6.03. The molecule has 98 valence electrons. The van der Waals surface area contributed by atoms with Gasteiger partial charge in [-0.3, -0.25) is 4.79 Å².